The van der Waals surface area contributed by atoms with Crippen molar-refractivity contribution in [3.05, 3.63) is 21.6 Å². The van der Waals surface area contributed by atoms with Gasteiger partial charge in [-0.1, -0.05) is 0 Å². The van der Waals surface area contributed by atoms with Crippen molar-refractivity contribution in [2.45, 2.75) is 19.1 Å². The summed E-state index contributed by atoms with van der Waals surface area (Å²) in [6.07, 6.45) is -0.799. The maximum absolute atomic E-state index is 10.4. The number of nitrogens with zero attached hydrogens (tertiary/aromatic N) is 3. The van der Waals surface area contributed by atoms with E-state index in [1.54, 1.807) is 0 Å². The number of aliphatic hydroxyl groups is 1. The number of nitrogens with one attached hydrogen (secondary N) is 1. The molecule has 1 amide bonds. The molecule has 9 nitrogen and oxygen atoms in total. The third-order valence-electron chi connectivity index (χ3n) is 2.06. The molecule has 0 saturated heterocycles. The lowest BCUT2D eigenvalue weighted by molar-refractivity contribution is -0.389. The van der Waals surface area contributed by atoms with E-state index in [0.717, 1.165) is 6.20 Å². The molecule has 1 unspecified atom stereocenters. The Morgan fingerprint density at radius 1 is 1.72 bits per heavy atom. The second kappa shape index (κ2) is 6.17. The average molecular weight is 279 g/mol. The van der Waals surface area contributed by atoms with Gasteiger partial charge in [-0.2, -0.15) is 0 Å². The highest BCUT2D eigenvalue weighted by Gasteiger charge is 2.18. The Morgan fingerprint density at radius 2 is 2.39 bits per heavy atom. The van der Waals surface area contributed by atoms with Gasteiger partial charge in [-0.15, -0.1) is 0 Å². The Morgan fingerprint density at radius 3 is 2.89 bits per heavy atom. The van der Waals surface area contributed by atoms with Crippen molar-refractivity contribution in [2.24, 2.45) is 0 Å². The number of halogens is 1. The molecule has 0 saturated carbocycles. The fourth-order valence-electron chi connectivity index (χ4n) is 1.26. The lowest BCUT2D eigenvalue weighted by atomic mass is 10.2. The maximum Gasteiger partial charge on any atom is 0.404 e. The SMILES string of the molecule is O=C(O)NCCC(O)Cn1cc([N+](=O)[O-])nc1Cl. The number of nitro groups is 1. The molecule has 0 aliphatic carbocycles. The van der Waals surface area contributed by atoms with E-state index in [1.807, 2.05) is 0 Å². The van der Waals surface area contributed by atoms with Gasteiger partial charge in [0.2, 0.25) is 0 Å². The summed E-state index contributed by atoms with van der Waals surface area (Å²) in [5.41, 5.74) is 0. The average Bonchev–Trinajstić information content (AvgIpc) is 2.60. The molecule has 1 rings (SSSR count). The zero-order valence-corrected chi connectivity index (χ0v) is 9.87. The van der Waals surface area contributed by atoms with E-state index < -0.39 is 22.9 Å². The number of aliphatic hydroxyl groups excluding tert-OH is 1. The molecule has 0 aliphatic rings. The molecular weight excluding hydrogens is 268 g/mol. The van der Waals surface area contributed by atoms with Crippen molar-refractivity contribution in [3.63, 3.8) is 0 Å². The molecule has 100 valence electrons. The van der Waals surface area contributed by atoms with Crippen LogP contribution in [0.3, 0.4) is 0 Å². The zero-order valence-electron chi connectivity index (χ0n) is 9.11. The number of carbonyl (C=O) groups is 1. The predicted molar refractivity (Wildman–Crippen MR) is 60.5 cm³/mol. The smallest absolute Gasteiger partial charge is 0.404 e. The summed E-state index contributed by atoms with van der Waals surface area (Å²) in [6, 6.07) is 0. The molecule has 1 atom stereocenters. The first-order valence-electron chi connectivity index (χ1n) is 4.92. The van der Waals surface area contributed by atoms with Gasteiger partial charge in [0.15, 0.2) is 0 Å². The predicted octanol–water partition coefficient (Wildman–Crippen LogP) is 0.463. The highest BCUT2D eigenvalue weighted by Crippen LogP contribution is 2.16. The first-order valence-corrected chi connectivity index (χ1v) is 5.30. The minimum Gasteiger partial charge on any atom is -0.465 e. The van der Waals surface area contributed by atoms with Crippen LogP contribution in [0.4, 0.5) is 10.6 Å². The van der Waals surface area contributed by atoms with Crippen LogP contribution >= 0.6 is 11.6 Å². The Bertz CT molecular complexity index is 449. The molecule has 1 aromatic heterocycles. The molecule has 0 aromatic carbocycles. The van der Waals surface area contributed by atoms with Gasteiger partial charge in [0.1, 0.15) is 6.20 Å². The summed E-state index contributed by atoms with van der Waals surface area (Å²) in [7, 11) is 0. The van der Waals surface area contributed by atoms with Crippen molar-refractivity contribution in [3.8, 4) is 0 Å². The standard InChI is InChI=1S/C8H11ClN4O5/c9-7-11-6(13(17)18)4-12(7)3-5(14)1-2-10-8(15)16/h4-5,10,14H,1-3H2,(H,15,16). The van der Waals surface area contributed by atoms with Crippen LogP contribution in [0.5, 0.6) is 0 Å². The number of carboxylic acid groups (broad SMARTS) is 1. The van der Waals surface area contributed by atoms with Crippen molar-refractivity contribution in [1.29, 1.82) is 0 Å². The Hall–Kier alpha value is -1.87. The molecule has 3 N–H and O–H groups in total. The highest BCUT2D eigenvalue weighted by atomic mass is 35.5. The summed E-state index contributed by atoms with van der Waals surface area (Å²) in [5.74, 6) is -0.407. The molecule has 0 aliphatic heterocycles. The van der Waals surface area contributed by atoms with Crippen LogP contribution < -0.4 is 5.32 Å². The molecule has 0 fully saturated rings. The van der Waals surface area contributed by atoms with Crippen molar-refractivity contribution < 1.29 is 19.9 Å². The van der Waals surface area contributed by atoms with Crippen LogP contribution in [0.1, 0.15) is 6.42 Å². The summed E-state index contributed by atoms with van der Waals surface area (Å²) < 4.78 is 1.23. The summed E-state index contributed by atoms with van der Waals surface area (Å²) in [4.78, 5) is 23.4. The summed E-state index contributed by atoms with van der Waals surface area (Å²) in [6.45, 7) is 0.0753. The number of hydrogen-bond donors (Lipinski definition) is 3. The molecular formula is C8H11ClN4O5. The van der Waals surface area contributed by atoms with Gasteiger partial charge >= 0.3 is 17.2 Å². The fourth-order valence-corrected chi connectivity index (χ4v) is 1.46. The van der Waals surface area contributed by atoms with Crippen molar-refractivity contribution in [1.82, 2.24) is 14.9 Å². The quantitative estimate of drug-likeness (QED) is 0.512. The van der Waals surface area contributed by atoms with E-state index in [0.29, 0.717) is 0 Å². The van der Waals surface area contributed by atoms with E-state index in [1.165, 1.54) is 4.57 Å². The van der Waals surface area contributed by atoms with E-state index >= 15 is 0 Å². The third kappa shape index (κ3) is 4.18. The fraction of sp³-hybridized carbons (Fsp3) is 0.500. The van der Waals surface area contributed by atoms with Gasteiger partial charge in [0.05, 0.1) is 12.6 Å². The number of imidazole rings is 1. The number of hydrogen-bond acceptors (Lipinski definition) is 5. The minimum atomic E-state index is -1.18. The first-order chi connectivity index (χ1) is 8.40. The van der Waals surface area contributed by atoms with Crippen molar-refractivity contribution in [2.75, 3.05) is 6.54 Å². The van der Waals surface area contributed by atoms with Gasteiger partial charge in [-0.05, 0) is 27.9 Å². The van der Waals surface area contributed by atoms with Gasteiger partial charge in [0.25, 0.3) is 0 Å². The van der Waals surface area contributed by atoms with Crippen LogP contribution in [0.15, 0.2) is 6.20 Å². The lowest BCUT2D eigenvalue weighted by Crippen LogP contribution is -2.27. The maximum atomic E-state index is 10.4. The number of rotatable bonds is 6. The van der Waals surface area contributed by atoms with E-state index in [-0.39, 0.29) is 24.8 Å². The third-order valence-corrected chi connectivity index (χ3v) is 2.37. The molecule has 0 bridgehead atoms. The Kier molecular flexibility index (Phi) is 4.86. The van der Waals surface area contributed by atoms with E-state index in [4.69, 9.17) is 16.7 Å². The topological polar surface area (TPSA) is 131 Å². The van der Waals surface area contributed by atoms with Crippen LogP contribution in [-0.4, -0.2) is 43.4 Å². The lowest BCUT2D eigenvalue weighted by Gasteiger charge is -2.10. The van der Waals surface area contributed by atoms with Crippen LogP contribution in [0.2, 0.25) is 5.28 Å². The Labute approximate surface area is 106 Å². The second-order valence-corrected chi connectivity index (χ2v) is 3.79. The number of aromatic nitrogens is 2. The van der Waals surface area contributed by atoms with Crippen molar-refractivity contribution >= 4 is 23.5 Å². The van der Waals surface area contributed by atoms with Gasteiger partial charge < -0.3 is 25.6 Å². The van der Waals surface area contributed by atoms with Gasteiger partial charge in [-0.3, -0.25) is 4.57 Å². The van der Waals surface area contributed by atoms with Gasteiger partial charge in [-0.25, -0.2) is 4.79 Å². The van der Waals surface area contributed by atoms with Crippen LogP contribution in [-0.2, 0) is 6.54 Å². The highest BCUT2D eigenvalue weighted by molar-refractivity contribution is 6.28. The van der Waals surface area contributed by atoms with Crippen LogP contribution in [0.25, 0.3) is 0 Å². The van der Waals surface area contributed by atoms with Crippen LogP contribution in [0, 0.1) is 10.1 Å². The molecule has 1 aromatic rings. The zero-order chi connectivity index (χ0) is 13.7. The molecule has 10 heteroatoms. The molecule has 0 spiro atoms. The summed E-state index contributed by atoms with van der Waals surface area (Å²) >= 11 is 5.64. The normalized spacial score (nSPS) is 12.1. The second-order valence-electron chi connectivity index (χ2n) is 3.45. The molecule has 18 heavy (non-hydrogen) atoms. The largest absolute Gasteiger partial charge is 0.465 e. The minimum absolute atomic E-state index is 0.000965. The molecule has 1 heterocycles. The number of amides is 1. The van der Waals surface area contributed by atoms with Gasteiger partial charge in [0, 0.05) is 6.54 Å². The van der Waals surface area contributed by atoms with E-state index in [2.05, 4.69) is 10.3 Å². The van der Waals surface area contributed by atoms with E-state index in [9.17, 15) is 20.0 Å². The summed E-state index contributed by atoms with van der Waals surface area (Å²) in [5, 5.41) is 30.3. The Balaban J connectivity index is 2.51. The molecule has 0 radical (unpaired) electrons. The first kappa shape index (κ1) is 14.2. The monoisotopic (exact) mass is 278 g/mol.